The molecule has 0 amide bonds. The molecule has 0 unspecified atom stereocenters. The summed E-state index contributed by atoms with van der Waals surface area (Å²) in [6.45, 7) is 0. The van der Waals surface area contributed by atoms with E-state index in [2.05, 4.69) is 47.8 Å². The van der Waals surface area contributed by atoms with Crippen molar-refractivity contribution in [3.05, 3.63) is 38.5 Å². The Labute approximate surface area is 108 Å². The van der Waals surface area contributed by atoms with Gasteiger partial charge >= 0.3 is 0 Å². The number of benzene rings is 1. The van der Waals surface area contributed by atoms with Crippen LogP contribution in [0.3, 0.4) is 0 Å². The topological polar surface area (TPSA) is 0 Å². The number of halogens is 4. The van der Waals surface area contributed by atoms with Gasteiger partial charge < -0.3 is 0 Å². The number of hydrogen-bond acceptors (Lipinski definition) is 0. The molecule has 0 atom stereocenters. The summed E-state index contributed by atoms with van der Waals surface area (Å²) in [5.74, 6) is -0.249. The van der Waals surface area contributed by atoms with Crippen molar-refractivity contribution >= 4 is 53.9 Å². The molecule has 0 fully saturated rings. The molecule has 1 rings (SSSR count). The first-order valence-corrected chi connectivity index (χ1v) is 6.73. The van der Waals surface area contributed by atoms with Crippen LogP contribution in [0, 0.1) is 5.82 Å². The summed E-state index contributed by atoms with van der Waals surface area (Å²) in [6.07, 6.45) is 4.96. The minimum Gasteiger partial charge on any atom is -0.207 e. The summed E-state index contributed by atoms with van der Waals surface area (Å²) >= 11 is 9.97. The average Bonchev–Trinajstić information content (AvgIpc) is 2.09. The van der Waals surface area contributed by atoms with Gasteiger partial charge in [0.15, 0.2) is 0 Å². The first-order chi connectivity index (χ1) is 6.65. The zero-order valence-electron chi connectivity index (χ0n) is 7.24. The fourth-order valence-electron chi connectivity index (χ4n) is 0.977. The van der Waals surface area contributed by atoms with Gasteiger partial charge in [0, 0.05) is 19.8 Å². The summed E-state index contributed by atoms with van der Waals surface area (Å²) < 4.78 is 14.4. The molecule has 0 heterocycles. The number of rotatable bonds is 3. The molecule has 76 valence electrons. The van der Waals surface area contributed by atoms with Gasteiger partial charge in [0.25, 0.3) is 0 Å². The lowest BCUT2D eigenvalue weighted by molar-refractivity contribution is 0.626. The third-order valence-electron chi connectivity index (χ3n) is 1.60. The predicted molar refractivity (Wildman–Crippen MR) is 69.2 cm³/mol. The van der Waals surface area contributed by atoms with Crippen molar-refractivity contribution < 1.29 is 4.39 Å². The van der Waals surface area contributed by atoms with E-state index in [4.69, 9.17) is 0 Å². The van der Waals surface area contributed by atoms with E-state index < -0.39 is 0 Å². The number of allylic oxidation sites excluding steroid dienone is 1. The molecule has 0 aromatic heterocycles. The molecule has 0 spiro atoms. The van der Waals surface area contributed by atoms with Gasteiger partial charge in [-0.15, -0.1) is 0 Å². The van der Waals surface area contributed by atoms with Crippen LogP contribution in [0.2, 0.25) is 0 Å². The van der Waals surface area contributed by atoms with Crippen LogP contribution in [0.4, 0.5) is 4.39 Å². The van der Waals surface area contributed by atoms with Crippen molar-refractivity contribution in [2.75, 3.05) is 5.33 Å². The third-order valence-corrected chi connectivity index (χ3v) is 3.37. The second-order valence-electron chi connectivity index (χ2n) is 2.66. The quantitative estimate of drug-likeness (QED) is 0.630. The van der Waals surface area contributed by atoms with E-state index in [0.29, 0.717) is 0 Å². The van der Waals surface area contributed by atoms with E-state index in [1.165, 1.54) is 12.1 Å². The van der Waals surface area contributed by atoms with E-state index in [1.54, 1.807) is 0 Å². The summed E-state index contributed by atoms with van der Waals surface area (Å²) in [6, 6.07) is 2.91. The monoisotopic (exact) mass is 384 g/mol. The zero-order chi connectivity index (χ0) is 10.6. The van der Waals surface area contributed by atoms with Crippen LogP contribution in [0.15, 0.2) is 27.2 Å². The third kappa shape index (κ3) is 3.48. The standard InChI is InChI=1S/C10H8Br3F/c11-4-2-1-3-8-9(12)5-7(14)6-10(8)13/h1,3,5-6H,2,4H2. The van der Waals surface area contributed by atoms with Gasteiger partial charge in [-0.05, 0) is 18.6 Å². The van der Waals surface area contributed by atoms with Crippen molar-refractivity contribution in [2.45, 2.75) is 6.42 Å². The van der Waals surface area contributed by atoms with E-state index in [1.807, 2.05) is 12.2 Å². The minimum atomic E-state index is -0.249. The normalized spacial score (nSPS) is 11.1. The lowest BCUT2D eigenvalue weighted by atomic mass is 10.2. The molecule has 0 saturated carbocycles. The van der Waals surface area contributed by atoms with Crippen LogP contribution in [0.25, 0.3) is 6.08 Å². The first kappa shape index (κ1) is 12.4. The zero-order valence-corrected chi connectivity index (χ0v) is 12.0. The maximum atomic E-state index is 12.9. The lowest BCUT2D eigenvalue weighted by Crippen LogP contribution is -1.82. The largest absolute Gasteiger partial charge is 0.207 e. The highest BCUT2D eigenvalue weighted by Crippen LogP contribution is 2.28. The SMILES string of the molecule is Fc1cc(Br)c(C=CCCBr)c(Br)c1. The Balaban J connectivity index is 2.96. The van der Waals surface area contributed by atoms with E-state index in [9.17, 15) is 4.39 Å². The highest BCUT2D eigenvalue weighted by Gasteiger charge is 2.03. The van der Waals surface area contributed by atoms with Crippen LogP contribution < -0.4 is 0 Å². The van der Waals surface area contributed by atoms with Crippen LogP contribution in [0.5, 0.6) is 0 Å². The molecular weight excluding hydrogens is 379 g/mol. The van der Waals surface area contributed by atoms with Crippen molar-refractivity contribution in [1.29, 1.82) is 0 Å². The molecule has 0 saturated heterocycles. The van der Waals surface area contributed by atoms with Gasteiger partial charge in [0.1, 0.15) is 5.82 Å². The maximum absolute atomic E-state index is 12.9. The second-order valence-corrected chi connectivity index (χ2v) is 5.16. The molecule has 0 radical (unpaired) electrons. The van der Waals surface area contributed by atoms with Crippen molar-refractivity contribution in [3.8, 4) is 0 Å². The number of alkyl halides is 1. The van der Waals surface area contributed by atoms with E-state index in [-0.39, 0.29) is 5.82 Å². The van der Waals surface area contributed by atoms with Gasteiger partial charge in [0.05, 0.1) is 0 Å². The molecule has 0 aliphatic carbocycles. The van der Waals surface area contributed by atoms with Crippen molar-refractivity contribution in [2.24, 2.45) is 0 Å². The Kier molecular flexibility index (Phi) is 5.34. The molecular formula is C10H8Br3F. The van der Waals surface area contributed by atoms with Gasteiger partial charge in [-0.25, -0.2) is 4.39 Å². The van der Waals surface area contributed by atoms with Gasteiger partial charge in [0.2, 0.25) is 0 Å². The summed E-state index contributed by atoms with van der Waals surface area (Å²) in [4.78, 5) is 0. The molecule has 1 aromatic carbocycles. The molecule has 1 aromatic rings. The molecule has 0 aliphatic heterocycles. The van der Waals surface area contributed by atoms with Crippen LogP contribution in [-0.2, 0) is 0 Å². The first-order valence-electron chi connectivity index (χ1n) is 4.02. The molecule has 0 bridgehead atoms. The molecule has 0 N–H and O–H groups in total. The molecule has 0 nitrogen and oxygen atoms in total. The van der Waals surface area contributed by atoms with Gasteiger partial charge in [-0.3, -0.25) is 0 Å². The fourth-order valence-corrected chi connectivity index (χ4v) is 2.64. The Morgan fingerprint density at radius 2 is 1.79 bits per heavy atom. The lowest BCUT2D eigenvalue weighted by Gasteiger charge is -2.02. The maximum Gasteiger partial charge on any atom is 0.125 e. The van der Waals surface area contributed by atoms with Crippen molar-refractivity contribution in [1.82, 2.24) is 0 Å². The van der Waals surface area contributed by atoms with Gasteiger partial charge in [-0.1, -0.05) is 59.9 Å². The number of hydrogen-bond donors (Lipinski definition) is 0. The molecule has 4 heteroatoms. The second kappa shape index (κ2) is 6.03. The highest BCUT2D eigenvalue weighted by molar-refractivity contribution is 9.11. The van der Waals surface area contributed by atoms with Crippen LogP contribution in [0.1, 0.15) is 12.0 Å². The highest BCUT2D eigenvalue weighted by atomic mass is 79.9. The Bertz CT molecular complexity index is 324. The minimum absolute atomic E-state index is 0.249. The Morgan fingerprint density at radius 3 is 2.29 bits per heavy atom. The van der Waals surface area contributed by atoms with Crippen LogP contribution in [-0.4, -0.2) is 5.33 Å². The van der Waals surface area contributed by atoms with Crippen LogP contribution >= 0.6 is 47.8 Å². The smallest absolute Gasteiger partial charge is 0.125 e. The Morgan fingerprint density at radius 1 is 1.21 bits per heavy atom. The predicted octanol–water partition coefficient (Wildman–Crippen LogP) is 5.15. The van der Waals surface area contributed by atoms with E-state index in [0.717, 1.165) is 26.3 Å². The summed E-state index contributed by atoms with van der Waals surface area (Å²) in [5.41, 5.74) is 0.965. The van der Waals surface area contributed by atoms with Gasteiger partial charge in [-0.2, -0.15) is 0 Å². The summed E-state index contributed by atoms with van der Waals surface area (Å²) in [5, 5.41) is 0.930. The molecule has 0 aliphatic rings. The fraction of sp³-hybridized carbons (Fsp3) is 0.200. The Hall–Kier alpha value is 0.330. The van der Waals surface area contributed by atoms with Crippen molar-refractivity contribution in [3.63, 3.8) is 0 Å². The summed E-state index contributed by atoms with van der Waals surface area (Å²) in [7, 11) is 0. The molecule has 14 heavy (non-hydrogen) atoms. The average molecular weight is 387 g/mol. The van der Waals surface area contributed by atoms with E-state index >= 15 is 0 Å².